The van der Waals surface area contributed by atoms with Crippen LogP contribution in [-0.4, -0.2) is 48.6 Å². The number of aromatic nitrogens is 1. The van der Waals surface area contributed by atoms with E-state index < -0.39 is 0 Å². The van der Waals surface area contributed by atoms with Gasteiger partial charge in [0.05, 0.1) is 12.2 Å². The van der Waals surface area contributed by atoms with Gasteiger partial charge >= 0.3 is 0 Å². The Hall–Kier alpha value is -3.37. The molecule has 3 heterocycles. The summed E-state index contributed by atoms with van der Waals surface area (Å²) in [4.78, 5) is 23.2. The van der Waals surface area contributed by atoms with Crippen LogP contribution in [0.3, 0.4) is 0 Å². The van der Waals surface area contributed by atoms with Gasteiger partial charge in [0.2, 0.25) is 0 Å². The fraction of sp³-hybridized carbons (Fsp3) is 0.261. The van der Waals surface area contributed by atoms with Crippen molar-refractivity contribution in [3.05, 3.63) is 65.2 Å². The molecule has 3 aromatic rings. The van der Waals surface area contributed by atoms with Crippen LogP contribution in [0.5, 0.6) is 5.75 Å². The molecular formula is C23H22N4O2S. The third-order valence-electron chi connectivity index (χ3n) is 5.02. The van der Waals surface area contributed by atoms with Crippen molar-refractivity contribution in [2.75, 3.05) is 37.7 Å². The van der Waals surface area contributed by atoms with Gasteiger partial charge < -0.3 is 14.5 Å². The van der Waals surface area contributed by atoms with Crippen LogP contribution in [0.1, 0.15) is 22.2 Å². The Bertz CT molecular complexity index is 1070. The summed E-state index contributed by atoms with van der Waals surface area (Å²) in [6.45, 7) is 4.85. The lowest BCUT2D eigenvalue weighted by Gasteiger charge is -2.35. The number of benzene rings is 1. The largest absolute Gasteiger partial charge is 0.492 e. The van der Waals surface area contributed by atoms with Gasteiger partial charge in [-0.05, 0) is 30.7 Å². The third kappa shape index (κ3) is 4.00. The minimum Gasteiger partial charge on any atom is -0.492 e. The Labute approximate surface area is 180 Å². The highest BCUT2D eigenvalue weighted by Gasteiger charge is 2.27. The number of hydrogen-bond acceptors (Lipinski definition) is 6. The first kappa shape index (κ1) is 19.9. The first-order valence-electron chi connectivity index (χ1n) is 9.92. The van der Waals surface area contributed by atoms with Crippen molar-refractivity contribution in [2.45, 2.75) is 6.92 Å². The Morgan fingerprint density at radius 1 is 1.17 bits per heavy atom. The van der Waals surface area contributed by atoms with Crippen LogP contribution in [0.25, 0.3) is 10.4 Å². The zero-order valence-corrected chi connectivity index (χ0v) is 17.6. The highest BCUT2D eigenvalue weighted by Crippen LogP contribution is 2.37. The maximum absolute atomic E-state index is 13.3. The number of rotatable bonds is 5. The van der Waals surface area contributed by atoms with Gasteiger partial charge in [0.15, 0.2) is 0 Å². The molecule has 1 saturated heterocycles. The Kier molecular flexibility index (Phi) is 5.96. The molecule has 7 heteroatoms. The van der Waals surface area contributed by atoms with Crippen molar-refractivity contribution in [1.29, 1.82) is 5.26 Å². The number of nitrogens with zero attached hydrogens (tertiary/aromatic N) is 4. The van der Waals surface area contributed by atoms with Crippen LogP contribution in [0.2, 0.25) is 0 Å². The lowest BCUT2D eigenvalue weighted by Crippen LogP contribution is -2.49. The van der Waals surface area contributed by atoms with Crippen molar-refractivity contribution in [3.63, 3.8) is 0 Å². The number of carbonyl (C=O) groups excluding carboxylic acids is 1. The summed E-state index contributed by atoms with van der Waals surface area (Å²) >= 11 is 1.47. The molecule has 0 saturated carbocycles. The quantitative estimate of drug-likeness (QED) is 0.625. The van der Waals surface area contributed by atoms with Crippen LogP contribution in [0.4, 0.5) is 5.82 Å². The van der Waals surface area contributed by atoms with E-state index in [1.165, 1.54) is 11.3 Å². The van der Waals surface area contributed by atoms with E-state index in [-0.39, 0.29) is 5.91 Å². The summed E-state index contributed by atoms with van der Waals surface area (Å²) in [5, 5.41) is 9.32. The molecule has 0 aliphatic carbocycles. The number of hydrogen-bond donors (Lipinski definition) is 0. The maximum atomic E-state index is 13.3. The standard InChI is InChI=1S/C23H22N4O2S/c1-2-29-19-15-20(17-7-4-3-5-8-17)30-21(19)23(28)27-13-11-26(12-14-27)22-18(16-24)9-6-10-25-22/h3-10,15H,2,11-14H2,1H3. The van der Waals surface area contributed by atoms with Gasteiger partial charge in [-0.2, -0.15) is 5.26 Å². The van der Waals surface area contributed by atoms with Crippen LogP contribution in [-0.2, 0) is 0 Å². The van der Waals surface area contributed by atoms with Gasteiger partial charge in [0.25, 0.3) is 5.91 Å². The first-order valence-corrected chi connectivity index (χ1v) is 10.7. The molecule has 1 aliphatic rings. The lowest BCUT2D eigenvalue weighted by atomic mass is 10.2. The van der Waals surface area contributed by atoms with Crippen molar-refractivity contribution in [2.24, 2.45) is 0 Å². The number of thiophene rings is 1. The van der Waals surface area contributed by atoms with Crippen molar-refractivity contribution in [1.82, 2.24) is 9.88 Å². The fourth-order valence-electron chi connectivity index (χ4n) is 3.53. The zero-order valence-electron chi connectivity index (χ0n) is 16.7. The molecule has 152 valence electrons. The lowest BCUT2D eigenvalue weighted by molar-refractivity contribution is 0.0747. The van der Waals surface area contributed by atoms with Gasteiger partial charge in [-0.15, -0.1) is 11.3 Å². The molecule has 0 N–H and O–H groups in total. The summed E-state index contributed by atoms with van der Waals surface area (Å²) in [6.07, 6.45) is 1.69. The Morgan fingerprint density at radius 3 is 2.63 bits per heavy atom. The van der Waals surface area contributed by atoms with Crippen molar-refractivity contribution < 1.29 is 9.53 Å². The average Bonchev–Trinajstić information content (AvgIpc) is 3.23. The van der Waals surface area contributed by atoms with Gasteiger partial charge in [0.1, 0.15) is 22.5 Å². The topological polar surface area (TPSA) is 69.5 Å². The summed E-state index contributed by atoms with van der Waals surface area (Å²) < 4.78 is 5.78. The molecule has 0 unspecified atom stereocenters. The molecule has 0 spiro atoms. The highest BCUT2D eigenvalue weighted by molar-refractivity contribution is 7.17. The van der Waals surface area contributed by atoms with Crippen LogP contribution in [0.15, 0.2) is 54.7 Å². The summed E-state index contributed by atoms with van der Waals surface area (Å²) in [5.74, 6) is 1.32. The second-order valence-electron chi connectivity index (χ2n) is 6.87. The number of piperazine rings is 1. The highest BCUT2D eigenvalue weighted by atomic mass is 32.1. The number of carbonyl (C=O) groups is 1. The van der Waals surface area contributed by atoms with E-state index in [9.17, 15) is 10.1 Å². The van der Waals surface area contributed by atoms with Gasteiger partial charge in [0, 0.05) is 37.3 Å². The molecule has 1 aromatic carbocycles. The zero-order chi connectivity index (χ0) is 20.9. The molecule has 0 bridgehead atoms. The van der Waals surface area contributed by atoms with E-state index in [4.69, 9.17) is 4.74 Å². The van der Waals surface area contributed by atoms with E-state index in [1.54, 1.807) is 18.3 Å². The molecule has 0 atom stereocenters. The van der Waals surface area contributed by atoms with Gasteiger partial charge in [-0.25, -0.2) is 4.98 Å². The van der Waals surface area contributed by atoms with E-state index in [1.807, 2.05) is 48.2 Å². The maximum Gasteiger partial charge on any atom is 0.267 e. The Balaban J connectivity index is 1.51. The van der Waals surface area contributed by atoms with E-state index in [2.05, 4.69) is 16.0 Å². The minimum absolute atomic E-state index is 0.00758. The molecule has 6 nitrogen and oxygen atoms in total. The second kappa shape index (κ2) is 8.97. The van der Waals surface area contributed by atoms with E-state index in [0.29, 0.717) is 54.8 Å². The summed E-state index contributed by atoms with van der Waals surface area (Å²) in [5.41, 5.74) is 1.63. The van der Waals surface area contributed by atoms with E-state index in [0.717, 1.165) is 10.4 Å². The number of pyridine rings is 1. The van der Waals surface area contributed by atoms with Crippen LogP contribution >= 0.6 is 11.3 Å². The molecule has 1 aliphatic heterocycles. The number of ether oxygens (including phenoxy) is 1. The summed E-state index contributed by atoms with van der Waals surface area (Å²) in [7, 11) is 0. The second-order valence-corrected chi connectivity index (χ2v) is 7.92. The molecular weight excluding hydrogens is 396 g/mol. The van der Waals surface area contributed by atoms with Crippen molar-refractivity contribution >= 4 is 23.1 Å². The predicted molar refractivity (Wildman–Crippen MR) is 118 cm³/mol. The monoisotopic (exact) mass is 418 g/mol. The number of nitriles is 1. The average molecular weight is 419 g/mol. The summed E-state index contributed by atoms with van der Waals surface area (Å²) in [6, 6.07) is 17.7. The molecule has 2 aromatic heterocycles. The first-order chi connectivity index (χ1) is 14.7. The SMILES string of the molecule is CCOc1cc(-c2ccccc2)sc1C(=O)N1CCN(c2ncccc2C#N)CC1. The van der Waals surface area contributed by atoms with Gasteiger partial charge in [-0.1, -0.05) is 30.3 Å². The van der Waals surface area contributed by atoms with Crippen molar-refractivity contribution in [3.8, 4) is 22.3 Å². The van der Waals surface area contributed by atoms with E-state index >= 15 is 0 Å². The smallest absolute Gasteiger partial charge is 0.267 e. The Morgan fingerprint density at radius 2 is 1.93 bits per heavy atom. The van der Waals surface area contributed by atoms with Gasteiger partial charge in [-0.3, -0.25) is 4.79 Å². The third-order valence-corrected chi connectivity index (χ3v) is 6.18. The number of amides is 1. The normalized spacial score (nSPS) is 13.7. The molecule has 30 heavy (non-hydrogen) atoms. The fourth-order valence-corrected chi connectivity index (χ4v) is 4.61. The number of anilines is 1. The molecule has 1 amide bonds. The molecule has 1 fully saturated rings. The predicted octanol–water partition coefficient (Wildman–Crippen LogP) is 4.04. The van der Waals surface area contributed by atoms with Crippen LogP contribution in [0, 0.1) is 11.3 Å². The molecule has 4 rings (SSSR count). The van der Waals surface area contributed by atoms with Crippen LogP contribution < -0.4 is 9.64 Å². The molecule has 0 radical (unpaired) electrons. The minimum atomic E-state index is -0.00758.